The molecule has 0 radical (unpaired) electrons. The first kappa shape index (κ1) is 18.2. The topological polar surface area (TPSA) is 60.2 Å². The highest BCUT2D eigenvalue weighted by molar-refractivity contribution is 7.99. The van der Waals surface area contributed by atoms with Crippen molar-refractivity contribution in [1.82, 2.24) is 0 Å². The lowest BCUT2D eigenvalue weighted by molar-refractivity contribution is -0.354. The van der Waals surface area contributed by atoms with Gasteiger partial charge < -0.3 is 5.21 Å². The van der Waals surface area contributed by atoms with E-state index in [9.17, 15) is 13.6 Å². The molecule has 0 saturated heterocycles. The van der Waals surface area contributed by atoms with E-state index in [1.807, 2.05) is 42.5 Å². The Morgan fingerprint density at radius 2 is 1.42 bits per heavy atom. The van der Waals surface area contributed by atoms with Gasteiger partial charge in [-0.3, -0.25) is 0 Å². The fourth-order valence-electron chi connectivity index (χ4n) is 2.30. The number of hydrogen-bond acceptors (Lipinski definition) is 4. The Morgan fingerprint density at radius 1 is 0.846 bits per heavy atom. The van der Waals surface area contributed by atoms with Gasteiger partial charge in [-0.05, 0) is 48.5 Å². The van der Waals surface area contributed by atoms with E-state index in [1.165, 1.54) is 18.3 Å². The predicted octanol–water partition coefficient (Wildman–Crippen LogP) is 4.50. The first-order valence-electron chi connectivity index (χ1n) is 7.86. The van der Waals surface area contributed by atoms with Crippen molar-refractivity contribution >= 4 is 33.5 Å². The third kappa shape index (κ3) is 4.74. The molecule has 0 unspecified atom stereocenters. The van der Waals surface area contributed by atoms with E-state index < -0.39 is 9.84 Å². The second-order valence-electron chi connectivity index (χ2n) is 5.71. The van der Waals surface area contributed by atoms with Crippen molar-refractivity contribution in [2.24, 2.45) is 0 Å². The molecular formula is C20H17NO3S2. The van der Waals surface area contributed by atoms with Crippen LogP contribution in [0.3, 0.4) is 0 Å². The number of benzene rings is 3. The van der Waals surface area contributed by atoms with Crippen LogP contribution in [0.15, 0.2) is 93.5 Å². The summed E-state index contributed by atoms with van der Waals surface area (Å²) in [6, 6.07) is 23.6. The molecule has 3 aromatic rings. The Kier molecular flexibility index (Phi) is 5.44. The highest BCUT2D eigenvalue weighted by Gasteiger charge is 2.07. The second kappa shape index (κ2) is 7.76. The molecule has 0 aromatic heterocycles. The summed E-state index contributed by atoms with van der Waals surface area (Å²) in [4.78, 5) is 2.41. The zero-order valence-electron chi connectivity index (χ0n) is 14.1. The van der Waals surface area contributed by atoms with Crippen molar-refractivity contribution in [1.29, 1.82) is 0 Å². The summed E-state index contributed by atoms with van der Waals surface area (Å²) in [7, 11) is -3.24. The van der Waals surface area contributed by atoms with Gasteiger partial charge in [0.1, 0.15) is 0 Å². The lowest BCUT2D eigenvalue weighted by Gasteiger charge is -2.05. The van der Waals surface area contributed by atoms with Gasteiger partial charge in [0.15, 0.2) is 16.1 Å². The van der Waals surface area contributed by atoms with Crippen molar-refractivity contribution in [3.63, 3.8) is 0 Å². The zero-order valence-corrected chi connectivity index (χ0v) is 15.7. The maximum Gasteiger partial charge on any atom is 0.216 e. The van der Waals surface area contributed by atoms with Gasteiger partial charge >= 0.3 is 0 Å². The lowest BCUT2D eigenvalue weighted by atomic mass is 10.2. The molecule has 4 nitrogen and oxygen atoms in total. The van der Waals surface area contributed by atoms with Gasteiger partial charge in [0, 0.05) is 33.7 Å². The molecule has 0 N–H and O–H groups in total. The third-order valence-electron chi connectivity index (χ3n) is 3.64. The first-order valence-corrected chi connectivity index (χ1v) is 10.6. The second-order valence-corrected chi connectivity index (χ2v) is 8.87. The monoisotopic (exact) mass is 383 g/mol. The van der Waals surface area contributed by atoms with Crippen LogP contribution in [0.1, 0.15) is 5.56 Å². The Morgan fingerprint density at radius 3 is 2.00 bits per heavy atom. The fraction of sp³-hybridized carbons (Fsp3) is 0.0500. The van der Waals surface area contributed by atoms with Crippen LogP contribution >= 0.6 is 11.8 Å². The van der Waals surface area contributed by atoms with E-state index in [0.717, 1.165) is 20.8 Å². The van der Waals surface area contributed by atoms with E-state index in [2.05, 4.69) is 0 Å². The summed E-state index contributed by atoms with van der Waals surface area (Å²) in [6.45, 7) is 0. The minimum Gasteiger partial charge on any atom is -0.618 e. The smallest absolute Gasteiger partial charge is 0.216 e. The van der Waals surface area contributed by atoms with E-state index in [4.69, 9.17) is 0 Å². The molecule has 0 aliphatic rings. The van der Waals surface area contributed by atoms with Crippen LogP contribution in [-0.2, 0) is 9.84 Å². The molecule has 3 rings (SSSR count). The van der Waals surface area contributed by atoms with Gasteiger partial charge in [0.05, 0.1) is 4.90 Å². The van der Waals surface area contributed by atoms with Crippen molar-refractivity contribution in [2.45, 2.75) is 14.7 Å². The van der Waals surface area contributed by atoms with Crippen LogP contribution in [0, 0.1) is 5.21 Å². The highest BCUT2D eigenvalue weighted by atomic mass is 32.2. The Bertz CT molecular complexity index is 1010. The molecule has 0 spiro atoms. The quantitative estimate of drug-likeness (QED) is 0.282. The van der Waals surface area contributed by atoms with Crippen molar-refractivity contribution < 1.29 is 13.2 Å². The van der Waals surface area contributed by atoms with Crippen LogP contribution in [0.4, 0.5) is 5.69 Å². The van der Waals surface area contributed by atoms with Gasteiger partial charge in [-0.15, -0.1) is 0 Å². The number of sulfone groups is 1. The summed E-state index contributed by atoms with van der Waals surface area (Å²) >= 11 is 1.63. The minimum absolute atomic E-state index is 0.231. The number of nitrogens with zero attached hydrogens (tertiary/aromatic N) is 1. The van der Waals surface area contributed by atoms with E-state index in [1.54, 1.807) is 36.0 Å². The maximum absolute atomic E-state index is 12.3. The lowest BCUT2D eigenvalue weighted by Crippen LogP contribution is -2.00. The van der Waals surface area contributed by atoms with Gasteiger partial charge in [0.2, 0.25) is 5.69 Å². The summed E-state index contributed by atoms with van der Waals surface area (Å²) < 4.78 is 23.7. The summed E-state index contributed by atoms with van der Waals surface area (Å²) in [5.74, 6) is 0. The Hall–Kier alpha value is -2.57. The van der Waals surface area contributed by atoms with Gasteiger partial charge in [-0.25, -0.2) is 8.42 Å². The fourth-order valence-corrected chi connectivity index (χ4v) is 3.76. The molecule has 0 heterocycles. The molecule has 0 fully saturated rings. The molecule has 3 aromatic carbocycles. The molecule has 0 bridgehead atoms. The largest absolute Gasteiger partial charge is 0.618 e. The van der Waals surface area contributed by atoms with Crippen LogP contribution in [0.2, 0.25) is 0 Å². The van der Waals surface area contributed by atoms with Crippen molar-refractivity contribution in [3.05, 3.63) is 89.6 Å². The van der Waals surface area contributed by atoms with Crippen LogP contribution in [-0.4, -0.2) is 25.6 Å². The van der Waals surface area contributed by atoms with Crippen molar-refractivity contribution in [3.8, 4) is 0 Å². The zero-order chi connectivity index (χ0) is 18.6. The molecule has 0 amide bonds. The van der Waals surface area contributed by atoms with E-state index in [-0.39, 0.29) is 4.90 Å². The average molecular weight is 383 g/mol. The SMILES string of the molecule is CS(=O)(=O)c1ccc(C=[N+]([O-])c2ccc(Sc3ccccc3)cc2)cc1. The highest BCUT2D eigenvalue weighted by Crippen LogP contribution is 2.28. The van der Waals surface area contributed by atoms with Crippen LogP contribution in [0.5, 0.6) is 0 Å². The molecule has 0 saturated carbocycles. The predicted molar refractivity (Wildman–Crippen MR) is 105 cm³/mol. The first-order chi connectivity index (χ1) is 12.4. The van der Waals surface area contributed by atoms with Gasteiger partial charge in [0.25, 0.3) is 0 Å². The molecule has 0 aliphatic heterocycles. The van der Waals surface area contributed by atoms with Gasteiger partial charge in [-0.1, -0.05) is 30.0 Å². The Labute approximate surface area is 157 Å². The molecule has 6 heteroatoms. The summed E-state index contributed by atoms with van der Waals surface area (Å²) in [5, 5.41) is 12.3. The number of rotatable bonds is 5. The van der Waals surface area contributed by atoms with Crippen LogP contribution in [0.25, 0.3) is 0 Å². The van der Waals surface area contributed by atoms with E-state index in [0.29, 0.717) is 11.3 Å². The maximum atomic E-state index is 12.3. The average Bonchev–Trinajstić information content (AvgIpc) is 2.63. The summed E-state index contributed by atoms with van der Waals surface area (Å²) in [5.41, 5.74) is 1.14. The van der Waals surface area contributed by atoms with E-state index >= 15 is 0 Å². The van der Waals surface area contributed by atoms with Gasteiger partial charge in [-0.2, -0.15) is 4.74 Å². The molecule has 26 heavy (non-hydrogen) atoms. The normalized spacial score (nSPS) is 12.1. The minimum atomic E-state index is -3.24. The molecular weight excluding hydrogens is 366 g/mol. The summed E-state index contributed by atoms with van der Waals surface area (Å²) in [6.07, 6.45) is 2.58. The standard InChI is InChI=1S/C20H17NO3S2/c1-26(23,24)20-13-7-16(8-14-20)15-21(22)17-9-11-19(12-10-17)25-18-5-3-2-4-6-18/h2-15H,1H3. The third-order valence-corrected chi connectivity index (χ3v) is 5.79. The van der Waals surface area contributed by atoms with Crippen LogP contribution < -0.4 is 0 Å². The molecule has 0 atom stereocenters. The molecule has 0 aliphatic carbocycles. The Balaban J connectivity index is 1.75. The number of hydrogen-bond donors (Lipinski definition) is 0. The van der Waals surface area contributed by atoms with Crippen molar-refractivity contribution in [2.75, 3.05) is 6.26 Å². The molecule has 132 valence electrons.